The number of nitrogens with one attached hydrogen (secondary N) is 2. The minimum atomic E-state index is -1.01. The van der Waals surface area contributed by atoms with Crippen LogP contribution in [0.15, 0.2) is 60.7 Å². The second-order valence-corrected chi connectivity index (χ2v) is 8.83. The van der Waals surface area contributed by atoms with Crippen LogP contribution in [0, 0.1) is 18.6 Å². The number of phenols is 1. The predicted molar refractivity (Wildman–Crippen MR) is 132 cm³/mol. The van der Waals surface area contributed by atoms with Crippen LogP contribution in [-0.2, 0) is 30.6 Å². The molecule has 0 aliphatic carbocycles. The number of aromatic hydroxyl groups is 1. The van der Waals surface area contributed by atoms with Crippen molar-refractivity contribution in [1.82, 2.24) is 10.6 Å². The minimum absolute atomic E-state index is 0.00812. The number of carbonyl (C=O) groups is 1. The molecule has 0 fully saturated rings. The molecule has 0 radical (unpaired) electrons. The Morgan fingerprint density at radius 3 is 2.34 bits per heavy atom. The molecule has 0 saturated carbocycles. The number of aliphatic hydroxyl groups excluding tert-OH is 1. The van der Waals surface area contributed by atoms with E-state index in [1.54, 1.807) is 19.1 Å². The van der Waals surface area contributed by atoms with E-state index in [-0.39, 0.29) is 31.0 Å². The Labute approximate surface area is 204 Å². The molecule has 0 aromatic heterocycles. The SMILES string of the molecule is CCc1cccc(CNCC(O)C(Cc2cc(F)cc(F)c2)NC(=O)Cc2ccc(C)c(O)c2)c1. The fourth-order valence-corrected chi connectivity index (χ4v) is 3.94. The van der Waals surface area contributed by atoms with Crippen molar-refractivity contribution in [2.24, 2.45) is 0 Å². The first-order valence-electron chi connectivity index (χ1n) is 11.7. The minimum Gasteiger partial charge on any atom is -0.508 e. The van der Waals surface area contributed by atoms with E-state index in [0.29, 0.717) is 23.2 Å². The summed E-state index contributed by atoms with van der Waals surface area (Å²) in [5, 5.41) is 26.8. The highest BCUT2D eigenvalue weighted by Gasteiger charge is 2.22. The van der Waals surface area contributed by atoms with E-state index >= 15 is 0 Å². The van der Waals surface area contributed by atoms with Crippen LogP contribution in [0.1, 0.15) is 34.7 Å². The number of benzene rings is 3. The number of aliphatic hydroxyl groups is 1. The number of hydrogen-bond donors (Lipinski definition) is 4. The Balaban J connectivity index is 1.68. The van der Waals surface area contributed by atoms with Gasteiger partial charge in [0.25, 0.3) is 0 Å². The number of hydrogen-bond acceptors (Lipinski definition) is 4. The van der Waals surface area contributed by atoms with Crippen LogP contribution in [0.5, 0.6) is 5.75 Å². The van der Waals surface area contributed by atoms with Gasteiger partial charge in [0.05, 0.1) is 18.6 Å². The fraction of sp³-hybridized carbons (Fsp3) is 0.321. The molecule has 3 rings (SSSR count). The first-order chi connectivity index (χ1) is 16.7. The zero-order valence-corrected chi connectivity index (χ0v) is 20.0. The van der Waals surface area contributed by atoms with Gasteiger partial charge in [-0.25, -0.2) is 8.78 Å². The van der Waals surface area contributed by atoms with E-state index in [0.717, 1.165) is 18.1 Å². The van der Waals surface area contributed by atoms with Crippen molar-refractivity contribution in [1.29, 1.82) is 0 Å². The zero-order valence-electron chi connectivity index (χ0n) is 20.0. The number of amides is 1. The van der Waals surface area contributed by atoms with Gasteiger partial charge >= 0.3 is 0 Å². The molecule has 0 heterocycles. The Bertz CT molecular complexity index is 1130. The van der Waals surface area contributed by atoms with Crippen LogP contribution in [0.2, 0.25) is 0 Å². The van der Waals surface area contributed by atoms with Crippen LogP contribution < -0.4 is 10.6 Å². The number of aryl methyl sites for hydroxylation is 2. The Hall–Kier alpha value is -3.29. The molecule has 5 nitrogen and oxygen atoms in total. The summed E-state index contributed by atoms with van der Waals surface area (Å²) >= 11 is 0. The maximum absolute atomic E-state index is 13.7. The number of carbonyl (C=O) groups excluding carboxylic acids is 1. The molecule has 0 saturated heterocycles. The van der Waals surface area contributed by atoms with Gasteiger partial charge in [-0.2, -0.15) is 0 Å². The van der Waals surface area contributed by atoms with Crippen LogP contribution in [0.25, 0.3) is 0 Å². The second kappa shape index (κ2) is 12.4. The molecule has 0 spiro atoms. The molecule has 2 atom stereocenters. The summed E-state index contributed by atoms with van der Waals surface area (Å²) in [6, 6.07) is 15.5. The standard InChI is InChI=1S/C28H32F2N2O3/c1-3-19-5-4-6-21(9-19)16-31-17-27(34)25(12-22-10-23(29)15-24(30)11-22)32-28(35)14-20-8-7-18(2)26(33)13-20/h4-11,13,15,25,27,31,33-34H,3,12,14,16-17H2,1-2H3,(H,32,35). The maximum Gasteiger partial charge on any atom is 0.224 e. The fourth-order valence-electron chi connectivity index (χ4n) is 3.94. The summed E-state index contributed by atoms with van der Waals surface area (Å²) < 4.78 is 27.5. The predicted octanol–water partition coefficient (Wildman–Crippen LogP) is 3.96. The van der Waals surface area contributed by atoms with Gasteiger partial charge < -0.3 is 20.8 Å². The monoisotopic (exact) mass is 482 g/mol. The molecule has 186 valence electrons. The smallest absolute Gasteiger partial charge is 0.224 e. The summed E-state index contributed by atoms with van der Waals surface area (Å²) in [7, 11) is 0. The molecule has 7 heteroatoms. The van der Waals surface area contributed by atoms with Crippen molar-refractivity contribution in [2.45, 2.75) is 51.8 Å². The van der Waals surface area contributed by atoms with E-state index in [9.17, 15) is 23.8 Å². The number of rotatable bonds is 11. The lowest BCUT2D eigenvalue weighted by Crippen LogP contribution is -2.49. The average Bonchev–Trinajstić information content (AvgIpc) is 2.80. The van der Waals surface area contributed by atoms with E-state index in [1.165, 1.54) is 23.8 Å². The van der Waals surface area contributed by atoms with Gasteiger partial charge in [-0.3, -0.25) is 4.79 Å². The number of phenolic OH excluding ortho intramolecular Hbond substituents is 1. The molecule has 4 N–H and O–H groups in total. The largest absolute Gasteiger partial charge is 0.508 e. The van der Waals surface area contributed by atoms with Gasteiger partial charge in [-0.05, 0) is 65.8 Å². The Morgan fingerprint density at radius 1 is 0.943 bits per heavy atom. The zero-order chi connectivity index (χ0) is 25.4. The summed E-state index contributed by atoms with van der Waals surface area (Å²) in [6.07, 6.45) is -0.0429. The van der Waals surface area contributed by atoms with Gasteiger partial charge in [0.15, 0.2) is 0 Å². The lowest BCUT2D eigenvalue weighted by atomic mass is 9.99. The molecule has 3 aromatic carbocycles. The normalized spacial score (nSPS) is 12.8. The van der Waals surface area contributed by atoms with Crippen molar-refractivity contribution >= 4 is 5.91 Å². The van der Waals surface area contributed by atoms with Gasteiger partial charge in [0.1, 0.15) is 17.4 Å². The van der Waals surface area contributed by atoms with Gasteiger partial charge in [-0.15, -0.1) is 0 Å². The van der Waals surface area contributed by atoms with Gasteiger partial charge in [-0.1, -0.05) is 43.3 Å². The third-order valence-electron chi connectivity index (χ3n) is 5.91. The maximum atomic E-state index is 13.7. The highest BCUT2D eigenvalue weighted by Crippen LogP contribution is 2.18. The van der Waals surface area contributed by atoms with Crippen LogP contribution in [0.4, 0.5) is 8.78 Å². The molecular formula is C28H32F2N2O3. The third kappa shape index (κ3) is 8.16. The first-order valence-corrected chi connectivity index (χ1v) is 11.7. The highest BCUT2D eigenvalue weighted by atomic mass is 19.1. The van der Waals surface area contributed by atoms with Crippen molar-refractivity contribution < 1.29 is 23.8 Å². The second-order valence-electron chi connectivity index (χ2n) is 8.83. The molecule has 1 amide bonds. The van der Waals surface area contributed by atoms with Crippen LogP contribution in [-0.4, -0.2) is 34.8 Å². The highest BCUT2D eigenvalue weighted by molar-refractivity contribution is 5.79. The van der Waals surface area contributed by atoms with Crippen LogP contribution >= 0.6 is 0 Å². The molecule has 0 bridgehead atoms. The van der Waals surface area contributed by atoms with Crippen molar-refractivity contribution in [3.8, 4) is 5.75 Å². The number of halogens is 2. The molecular weight excluding hydrogens is 450 g/mol. The van der Waals surface area contributed by atoms with Crippen LogP contribution in [0.3, 0.4) is 0 Å². The van der Waals surface area contributed by atoms with Gasteiger partial charge in [0, 0.05) is 19.2 Å². The van der Waals surface area contributed by atoms with Gasteiger partial charge in [0.2, 0.25) is 5.91 Å². The molecule has 3 aromatic rings. The van der Waals surface area contributed by atoms with Crippen molar-refractivity contribution in [3.05, 3.63) is 100 Å². The summed E-state index contributed by atoms with van der Waals surface area (Å²) in [6.45, 7) is 4.54. The average molecular weight is 483 g/mol. The topological polar surface area (TPSA) is 81.6 Å². The molecule has 0 aliphatic rings. The van der Waals surface area contributed by atoms with E-state index in [4.69, 9.17) is 0 Å². The Morgan fingerprint density at radius 2 is 1.66 bits per heavy atom. The lowest BCUT2D eigenvalue weighted by molar-refractivity contribution is -0.122. The Kier molecular flexibility index (Phi) is 9.34. The van der Waals surface area contributed by atoms with E-state index in [2.05, 4.69) is 29.7 Å². The quantitative estimate of drug-likeness (QED) is 0.334. The van der Waals surface area contributed by atoms with E-state index in [1.807, 2.05) is 12.1 Å². The lowest BCUT2D eigenvalue weighted by Gasteiger charge is -2.25. The van der Waals surface area contributed by atoms with Crippen molar-refractivity contribution in [2.75, 3.05) is 6.54 Å². The summed E-state index contributed by atoms with van der Waals surface area (Å²) in [5.74, 6) is -1.71. The van der Waals surface area contributed by atoms with Crippen molar-refractivity contribution in [3.63, 3.8) is 0 Å². The first kappa shape index (κ1) is 26.3. The molecule has 0 aliphatic heterocycles. The molecule has 2 unspecified atom stereocenters. The van der Waals surface area contributed by atoms with E-state index < -0.39 is 23.8 Å². The summed E-state index contributed by atoms with van der Waals surface area (Å²) in [4.78, 5) is 12.7. The summed E-state index contributed by atoms with van der Waals surface area (Å²) in [5.41, 5.74) is 3.93. The third-order valence-corrected chi connectivity index (χ3v) is 5.91. The molecule has 35 heavy (non-hydrogen) atoms.